The lowest BCUT2D eigenvalue weighted by Crippen LogP contribution is -2.16. The smallest absolute Gasteiger partial charge is 0.270 e. The molecule has 1 aromatic rings. The van der Waals surface area contributed by atoms with Crippen molar-refractivity contribution in [2.24, 2.45) is 5.14 Å². The van der Waals surface area contributed by atoms with Crippen molar-refractivity contribution in [3.63, 3.8) is 0 Å². The van der Waals surface area contributed by atoms with E-state index in [1.807, 2.05) is 6.08 Å². The molecule has 0 fully saturated rings. The van der Waals surface area contributed by atoms with E-state index in [2.05, 4.69) is 5.32 Å². The summed E-state index contributed by atoms with van der Waals surface area (Å²) >= 11 is 0. The Balaban J connectivity index is 2.12. The molecule has 0 atom stereocenters. The maximum atomic E-state index is 11.6. The number of anilines is 1. The third-order valence-electron chi connectivity index (χ3n) is 3.30. The Hall–Kier alpha value is -1.97. The molecule has 0 spiro atoms. The number of ether oxygens (including phenoxy) is 1. The van der Waals surface area contributed by atoms with Gasteiger partial charge in [-0.25, -0.2) is 13.6 Å². The highest BCUT2D eigenvalue weighted by Crippen LogP contribution is 2.25. The number of nitrogens with two attached hydrogens (primary N) is 1. The number of nitrogens with zero attached hydrogens (tertiary/aromatic N) is 1. The number of hydrogen-bond acceptors (Lipinski definition) is 6. The van der Waals surface area contributed by atoms with Crippen LogP contribution < -0.4 is 10.5 Å². The fourth-order valence-corrected chi connectivity index (χ4v) is 2.89. The number of benzene rings is 1. The van der Waals surface area contributed by atoms with E-state index in [-0.39, 0.29) is 16.3 Å². The first-order valence-corrected chi connectivity index (χ1v) is 8.23. The highest BCUT2D eigenvalue weighted by molar-refractivity contribution is 7.89. The van der Waals surface area contributed by atoms with Crippen LogP contribution in [0.1, 0.15) is 12.8 Å². The first kappa shape index (κ1) is 16.4. The summed E-state index contributed by atoms with van der Waals surface area (Å²) in [6, 6.07) is 3.56. The molecule has 1 aromatic carbocycles. The standard InChI is InChI=1S/C13H17N3O5S/c14-22(19,20)13-9-11(16(17)18)1-2-12(13)15-6-3-10-4-7-21-8-5-10/h1-2,4,9,15H,3,5-8H2,(H2,14,19,20). The summed E-state index contributed by atoms with van der Waals surface area (Å²) in [6.45, 7) is 1.78. The Morgan fingerprint density at radius 3 is 2.77 bits per heavy atom. The quantitative estimate of drug-likeness (QED) is 0.462. The van der Waals surface area contributed by atoms with Crippen molar-refractivity contribution in [1.29, 1.82) is 0 Å². The molecule has 0 aliphatic carbocycles. The molecule has 9 heteroatoms. The Kier molecular flexibility index (Phi) is 5.11. The van der Waals surface area contributed by atoms with E-state index < -0.39 is 14.9 Å². The van der Waals surface area contributed by atoms with E-state index >= 15 is 0 Å². The molecule has 2 rings (SSSR count). The minimum atomic E-state index is -4.05. The SMILES string of the molecule is NS(=O)(=O)c1cc([N+](=O)[O-])ccc1NCCC1=CCOCC1. The molecule has 1 heterocycles. The first-order chi connectivity index (χ1) is 10.4. The fraction of sp³-hybridized carbons (Fsp3) is 0.385. The van der Waals surface area contributed by atoms with Crippen LogP contribution in [0.15, 0.2) is 34.7 Å². The van der Waals surface area contributed by atoms with E-state index in [9.17, 15) is 18.5 Å². The summed E-state index contributed by atoms with van der Waals surface area (Å²) in [5, 5.41) is 18.8. The molecule has 0 radical (unpaired) electrons. The van der Waals surface area contributed by atoms with Gasteiger partial charge < -0.3 is 10.1 Å². The average Bonchev–Trinajstić information content (AvgIpc) is 2.47. The van der Waals surface area contributed by atoms with Gasteiger partial charge in [0.1, 0.15) is 4.90 Å². The zero-order valence-electron chi connectivity index (χ0n) is 11.8. The summed E-state index contributed by atoms with van der Waals surface area (Å²) in [5.41, 5.74) is 1.18. The van der Waals surface area contributed by atoms with Crippen LogP contribution in [0.3, 0.4) is 0 Å². The average molecular weight is 327 g/mol. The molecule has 0 amide bonds. The number of rotatable bonds is 6. The van der Waals surface area contributed by atoms with Crippen molar-refractivity contribution in [2.75, 3.05) is 25.1 Å². The van der Waals surface area contributed by atoms with Crippen LogP contribution in [0.5, 0.6) is 0 Å². The first-order valence-electron chi connectivity index (χ1n) is 6.68. The Morgan fingerprint density at radius 2 is 2.18 bits per heavy atom. The third-order valence-corrected chi connectivity index (χ3v) is 4.25. The molecule has 1 aliphatic rings. The van der Waals surface area contributed by atoms with Gasteiger partial charge >= 0.3 is 0 Å². The van der Waals surface area contributed by atoms with Crippen molar-refractivity contribution < 1.29 is 18.1 Å². The van der Waals surface area contributed by atoms with Crippen molar-refractivity contribution in [2.45, 2.75) is 17.7 Å². The normalized spacial score (nSPS) is 15.2. The maximum Gasteiger partial charge on any atom is 0.270 e. The van der Waals surface area contributed by atoms with Gasteiger partial charge in [-0.05, 0) is 18.9 Å². The van der Waals surface area contributed by atoms with Crippen LogP contribution in [-0.2, 0) is 14.8 Å². The molecular weight excluding hydrogens is 310 g/mol. The van der Waals surface area contributed by atoms with Gasteiger partial charge in [0.2, 0.25) is 10.0 Å². The minimum Gasteiger partial charge on any atom is -0.384 e. The van der Waals surface area contributed by atoms with Gasteiger partial charge in [0.25, 0.3) is 5.69 Å². The lowest BCUT2D eigenvalue weighted by molar-refractivity contribution is -0.385. The van der Waals surface area contributed by atoms with E-state index in [0.29, 0.717) is 19.8 Å². The molecule has 0 saturated heterocycles. The largest absolute Gasteiger partial charge is 0.384 e. The summed E-state index contributed by atoms with van der Waals surface area (Å²) in [4.78, 5) is 9.81. The Bertz CT molecular complexity index is 700. The number of non-ortho nitro benzene ring substituents is 1. The molecule has 0 saturated carbocycles. The van der Waals surface area contributed by atoms with E-state index in [0.717, 1.165) is 18.9 Å². The van der Waals surface area contributed by atoms with Crippen LogP contribution in [0.2, 0.25) is 0 Å². The molecule has 0 aromatic heterocycles. The van der Waals surface area contributed by atoms with E-state index in [1.54, 1.807) is 0 Å². The van der Waals surface area contributed by atoms with E-state index in [1.165, 1.54) is 17.7 Å². The molecule has 120 valence electrons. The Morgan fingerprint density at radius 1 is 1.41 bits per heavy atom. The van der Waals surface area contributed by atoms with Crippen molar-refractivity contribution in [3.8, 4) is 0 Å². The van der Waals surface area contributed by atoms with Gasteiger partial charge in [0, 0.05) is 18.7 Å². The summed E-state index contributed by atoms with van der Waals surface area (Å²) in [5.74, 6) is 0. The zero-order chi connectivity index (χ0) is 16.2. The second-order valence-corrected chi connectivity index (χ2v) is 6.38. The summed E-state index contributed by atoms with van der Waals surface area (Å²) in [6.07, 6.45) is 3.59. The van der Waals surface area contributed by atoms with Crippen molar-refractivity contribution >= 4 is 21.4 Å². The van der Waals surface area contributed by atoms with Gasteiger partial charge in [-0.3, -0.25) is 10.1 Å². The van der Waals surface area contributed by atoms with Crippen molar-refractivity contribution in [3.05, 3.63) is 40.0 Å². The highest BCUT2D eigenvalue weighted by atomic mass is 32.2. The number of nitrogens with one attached hydrogen (secondary N) is 1. The number of nitro groups is 1. The van der Waals surface area contributed by atoms with Crippen LogP contribution in [0, 0.1) is 10.1 Å². The van der Waals surface area contributed by atoms with Gasteiger partial charge in [-0.2, -0.15) is 0 Å². The van der Waals surface area contributed by atoms with Gasteiger partial charge in [0.15, 0.2) is 0 Å². The maximum absolute atomic E-state index is 11.6. The second-order valence-electron chi connectivity index (χ2n) is 4.85. The summed E-state index contributed by atoms with van der Waals surface area (Å²) < 4.78 is 28.4. The predicted octanol–water partition coefficient (Wildman–Crippen LogP) is 1.39. The minimum absolute atomic E-state index is 0.265. The highest BCUT2D eigenvalue weighted by Gasteiger charge is 2.18. The molecule has 3 N–H and O–H groups in total. The molecule has 0 bridgehead atoms. The number of primary sulfonamides is 1. The van der Waals surface area contributed by atoms with Crippen LogP contribution in [0.4, 0.5) is 11.4 Å². The lowest BCUT2D eigenvalue weighted by atomic mass is 10.1. The predicted molar refractivity (Wildman–Crippen MR) is 81.1 cm³/mol. The molecular formula is C13H17N3O5S. The lowest BCUT2D eigenvalue weighted by Gasteiger charge is -2.15. The van der Waals surface area contributed by atoms with Crippen molar-refractivity contribution in [1.82, 2.24) is 0 Å². The molecule has 22 heavy (non-hydrogen) atoms. The number of hydrogen-bond donors (Lipinski definition) is 2. The topological polar surface area (TPSA) is 125 Å². The molecule has 8 nitrogen and oxygen atoms in total. The van der Waals surface area contributed by atoms with Gasteiger partial charge in [-0.1, -0.05) is 11.6 Å². The zero-order valence-corrected chi connectivity index (χ0v) is 12.6. The monoisotopic (exact) mass is 327 g/mol. The fourth-order valence-electron chi connectivity index (χ4n) is 2.16. The number of nitro benzene ring substituents is 1. The Labute approximate surface area is 128 Å². The number of sulfonamides is 1. The van der Waals surface area contributed by atoms with E-state index in [4.69, 9.17) is 9.88 Å². The van der Waals surface area contributed by atoms with Gasteiger partial charge in [0.05, 0.1) is 23.8 Å². The van der Waals surface area contributed by atoms with Crippen LogP contribution in [-0.4, -0.2) is 33.1 Å². The second kappa shape index (κ2) is 6.86. The summed E-state index contributed by atoms with van der Waals surface area (Å²) in [7, 11) is -4.05. The van der Waals surface area contributed by atoms with Gasteiger partial charge in [-0.15, -0.1) is 0 Å². The molecule has 0 unspecified atom stereocenters. The van der Waals surface area contributed by atoms with Crippen LogP contribution >= 0.6 is 0 Å². The molecule has 1 aliphatic heterocycles. The third kappa shape index (κ3) is 4.26. The van der Waals surface area contributed by atoms with Crippen LogP contribution in [0.25, 0.3) is 0 Å².